The molecule has 0 radical (unpaired) electrons. The first-order chi connectivity index (χ1) is 14.0. The SMILES string of the molecule is Cc1cc(N2CCCCC2)nc(NCCNS(=O)(=O)c2cccc3nsnc23)n1. The van der Waals surface area contributed by atoms with Gasteiger partial charge in [-0.15, -0.1) is 0 Å². The molecule has 3 aromatic rings. The van der Waals surface area contributed by atoms with E-state index in [2.05, 4.69) is 33.7 Å². The fourth-order valence-corrected chi connectivity index (χ4v) is 5.15. The predicted octanol–water partition coefficient (Wildman–Crippen LogP) is 2.17. The van der Waals surface area contributed by atoms with Crippen molar-refractivity contribution in [3.8, 4) is 0 Å². The topological polar surface area (TPSA) is 113 Å². The number of aromatic nitrogens is 4. The molecule has 2 aromatic heterocycles. The van der Waals surface area contributed by atoms with E-state index in [0.717, 1.165) is 36.3 Å². The van der Waals surface area contributed by atoms with Crippen LogP contribution in [0.4, 0.5) is 11.8 Å². The van der Waals surface area contributed by atoms with E-state index in [1.165, 1.54) is 25.3 Å². The highest BCUT2D eigenvalue weighted by Crippen LogP contribution is 2.21. The van der Waals surface area contributed by atoms with E-state index in [-0.39, 0.29) is 11.4 Å². The predicted molar refractivity (Wildman–Crippen MR) is 114 cm³/mol. The van der Waals surface area contributed by atoms with Gasteiger partial charge in [-0.25, -0.2) is 18.1 Å². The maximum absolute atomic E-state index is 12.6. The van der Waals surface area contributed by atoms with Crippen LogP contribution in [0.15, 0.2) is 29.2 Å². The van der Waals surface area contributed by atoms with Gasteiger partial charge in [0.15, 0.2) is 0 Å². The normalized spacial score (nSPS) is 15.0. The highest BCUT2D eigenvalue weighted by molar-refractivity contribution is 7.89. The molecule has 3 heterocycles. The first-order valence-corrected chi connectivity index (χ1v) is 11.8. The van der Waals surface area contributed by atoms with Gasteiger partial charge in [0.1, 0.15) is 21.7 Å². The van der Waals surface area contributed by atoms with Gasteiger partial charge >= 0.3 is 0 Å². The minimum absolute atomic E-state index is 0.142. The Kier molecular flexibility index (Phi) is 5.88. The van der Waals surface area contributed by atoms with Crippen molar-refractivity contribution in [2.75, 3.05) is 36.4 Å². The van der Waals surface area contributed by atoms with E-state index in [4.69, 9.17) is 0 Å². The zero-order valence-corrected chi connectivity index (χ0v) is 17.8. The lowest BCUT2D eigenvalue weighted by molar-refractivity contribution is 0.573. The summed E-state index contributed by atoms with van der Waals surface area (Å²) in [6, 6.07) is 6.93. The minimum atomic E-state index is -3.68. The summed E-state index contributed by atoms with van der Waals surface area (Å²) in [5.74, 6) is 1.43. The molecule has 0 aliphatic carbocycles. The van der Waals surface area contributed by atoms with E-state index in [0.29, 0.717) is 23.5 Å². The lowest BCUT2D eigenvalue weighted by atomic mass is 10.1. The Balaban J connectivity index is 1.38. The first kappa shape index (κ1) is 19.9. The molecule has 0 saturated carbocycles. The van der Waals surface area contributed by atoms with Crippen LogP contribution in [0, 0.1) is 6.92 Å². The molecular formula is C18H23N7O2S2. The van der Waals surface area contributed by atoms with Crippen molar-refractivity contribution in [3.05, 3.63) is 30.0 Å². The zero-order chi connectivity index (χ0) is 20.3. The number of rotatable bonds is 7. The number of nitrogens with zero attached hydrogens (tertiary/aromatic N) is 5. The molecule has 9 nitrogen and oxygen atoms in total. The molecular weight excluding hydrogens is 410 g/mol. The number of hydrogen-bond donors (Lipinski definition) is 2. The van der Waals surface area contributed by atoms with Crippen LogP contribution < -0.4 is 14.9 Å². The van der Waals surface area contributed by atoms with Gasteiger partial charge in [-0.1, -0.05) is 6.07 Å². The Labute approximate surface area is 174 Å². The average Bonchev–Trinajstić information content (AvgIpc) is 3.20. The first-order valence-electron chi connectivity index (χ1n) is 9.58. The number of fused-ring (bicyclic) bond motifs is 1. The summed E-state index contributed by atoms with van der Waals surface area (Å²) in [5.41, 5.74) is 1.85. The summed E-state index contributed by atoms with van der Waals surface area (Å²) in [4.78, 5) is 11.4. The molecule has 0 amide bonds. The molecule has 29 heavy (non-hydrogen) atoms. The molecule has 1 saturated heterocycles. The van der Waals surface area contributed by atoms with Crippen molar-refractivity contribution < 1.29 is 8.42 Å². The highest BCUT2D eigenvalue weighted by atomic mass is 32.2. The molecule has 0 spiro atoms. The summed E-state index contributed by atoms with van der Waals surface area (Å²) in [6.45, 7) is 4.52. The largest absolute Gasteiger partial charge is 0.356 e. The molecule has 0 unspecified atom stereocenters. The Hall–Kier alpha value is -2.37. The summed E-state index contributed by atoms with van der Waals surface area (Å²) in [7, 11) is -3.68. The third-order valence-corrected chi connectivity index (χ3v) is 6.79. The number of nitrogens with one attached hydrogen (secondary N) is 2. The smallest absolute Gasteiger partial charge is 0.242 e. The molecule has 1 aromatic carbocycles. The van der Waals surface area contributed by atoms with E-state index in [9.17, 15) is 8.42 Å². The number of anilines is 2. The van der Waals surface area contributed by atoms with E-state index in [1.807, 2.05) is 13.0 Å². The second kappa shape index (κ2) is 8.56. The summed E-state index contributed by atoms with van der Waals surface area (Å²) < 4.78 is 36.0. The number of piperidine rings is 1. The lowest BCUT2D eigenvalue weighted by Gasteiger charge is -2.28. The van der Waals surface area contributed by atoms with Crippen molar-refractivity contribution in [2.24, 2.45) is 0 Å². The molecule has 1 aliphatic rings. The summed E-state index contributed by atoms with van der Waals surface area (Å²) >= 11 is 0.998. The van der Waals surface area contributed by atoms with Gasteiger partial charge in [0, 0.05) is 37.9 Å². The van der Waals surface area contributed by atoms with Crippen LogP contribution >= 0.6 is 11.7 Å². The van der Waals surface area contributed by atoms with Gasteiger partial charge < -0.3 is 10.2 Å². The van der Waals surface area contributed by atoms with Crippen LogP contribution in [0.5, 0.6) is 0 Å². The second-order valence-electron chi connectivity index (χ2n) is 6.95. The molecule has 154 valence electrons. The van der Waals surface area contributed by atoms with Crippen molar-refractivity contribution in [1.29, 1.82) is 0 Å². The molecule has 4 rings (SSSR count). The molecule has 2 N–H and O–H groups in total. The van der Waals surface area contributed by atoms with E-state index >= 15 is 0 Å². The molecule has 0 bridgehead atoms. The number of aryl methyl sites for hydroxylation is 1. The lowest BCUT2D eigenvalue weighted by Crippen LogP contribution is -2.31. The zero-order valence-electron chi connectivity index (χ0n) is 16.1. The van der Waals surface area contributed by atoms with Gasteiger partial charge in [0.05, 0.1) is 11.7 Å². The number of hydrogen-bond acceptors (Lipinski definition) is 9. The van der Waals surface area contributed by atoms with Gasteiger partial charge in [0.25, 0.3) is 0 Å². The molecule has 1 aliphatic heterocycles. The van der Waals surface area contributed by atoms with Crippen LogP contribution in [-0.4, -0.2) is 53.3 Å². The molecule has 1 fully saturated rings. The van der Waals surface area contributed by atoms with Gasteiger partial charge in [-0.05, 0) is 38.3 Å². The van der Waals surface area contributed by atoms with E-state index < -0.39 is 10.0 Å². The highest BCUT2D eigenvalue weighted by Gasteiger charge is 2.19. The second-order valence-corrected chi connectivity index (χ2v) is 9.22. The monoisotopic (exact) mass is 433 g/mol. The van der Waals surface area contributed by atoms with Crippen molar-refractivity contribution in [3.63, 3.8) is 0 Å². The molecule has 0 atom stereocenters. The Morgan fingerprint density at radius 3 is 2.76 bits per heavy atom. The van der Waals surface area contributed by atoms with Crippen LogP contribution in [0.1, 0.15) is 25.0 Å². The maximum Gasteiger partial charge on any atom is 0.242 e. The number of benzene rings is 1. The van der Waals surface area contributed by atoms with Crippen molar-refractivity contribution >= 4 is 44.6 Å². The third-order valence-electron chi connectivity index (χ3n) is 4.76. The van der Waals surface area contributed by atoms with Crippen LogP contribution in [0.25, 0.3) is 11.0 Å². The van der Waals surface area contributed by atoms with Gasteiger partial charge in [-0.2, -0.15) is 13.7 Å². The third kappa shape index (κ3) is 4.62. The Morgan fingerprint density at radius 1 is 1.10 bits per heavy atom. The fraction of sp³-hybridized carbons (Fsp3) is 0.444. The van der Waals surface area contributed by atoms with Crippen LogP contribution in [0.2, 0.25) is 0 Å². The number of sulfonamides is 1. The Morgan fingerprint density at radius 2 is 1.93 bits per heavy atom. The van der Waals surface area contributed by atoms with E-state index in [1.54, 1.807) is 12.1 Å². The van der Waals surface area contributed by atoms with Crippen molar-refractivity contribution in [2.45, 2.75) is 31.1 Å². The van der Waals surface area contributed by atoms with Gasteiger partial charge in [-0.3, -0.25) is 0 Å². The van der Waals surface area contributed by atoms with Crippen LogP contribution in [0.3, 0.4) is 0 Å². The van der Waals surface area contributed by atoms with Crippen LogP contribution in [-0.2, 0) is 10.0 Å². The summed E-state index contributed by atoms with van der Waals surface area (Å²) in [5, 5.41) is 3.12. The fourth-order valence-electron chi connectivity index (χ4n) is 3.35. The maximum atomic E-state index is 12.6. The molecule has 11 heteroatoms. The quantitative estimate of drug-likeness (QED) is 0.545. The average molecular weight is 434 g/mol. The van der Waals surface area contributed by atoms with Crippen molar-refractivity contribution in [1.82, 2.24) is 23.4 Å². The summed E-state index contributed by atoms with van der Waals surface area (Å²) in [6.07, 6.45) is 3.61. The van der Waals surface area contributed by atoms with Gasteiger partial charge in [0.2, 0.25) is 16.0 Å². The Bertz CT molecular complexity index is 1090. The standard InChI is InChI=1S/C18H23N7O2S2/c1-13-12-16(25-10-3-2-4-11-25)22-18(21-13)19-8-9-20-29(26,27)15-7-5-6-14-17(15)24-28-23-14/h5-7,12,20H,2-4,8-11H2,1H3,(H,19,21,22). The minimum Gasteiger partial charge on any atom is -0.356 e.